The van der Waals surface area contributed by atoms with Crippen molar-refractivity contribution < 1.29 is 27.8 Å². The van der Waals surface area contributed by atoms with E-state index in [1.54, 1.807) is 4.90 Å². The van der Waals surface area contributed by atoms with Gasteiger partial charge in [0.15, 0.2) is 6.10 Å². The molecule has 1 atom stereocenters. The second-order valence-corrected chi connectivity index (χ2v) is 6.30. The molecule has 0 saturated carbocycles. The molecule has 1 amide bonds. The van der Waals surface area contributed by atoms with Gasteiger partial charge in [0.25, 0.3) is 0 Å². The number of carbonyl (C=O) groups is 1. The van der Waals surface area contributed by atoms with Gasteiger partial charge in [0.05, 0.1) is 0 Å². The number of aliphatic hydroxyl groups excluding tert-OH is 1. The molecule has 7 heteroatoms. The van der Waals surface area contributed by atoms with Crippen molar-refractivity contribution in [3.8, 4) is 0 Å². The topological polar surface area (TPSA) is 49.8 Å². The number of piperidine rings is 1. The van der Waals surface area contributed by atoms with Crippen LogP contribution in [0.15, 0.2) is 0 Å². The molecule has 0 radical (unpaired) electrons. The summed E-state index contributed by atoms with van der Waals surface area (Å²) in [5.74, 6) is -0.256. The molecule has 0 aromatic heterocycles. The molecule has 2 fully saturated rings. The monoisotopic (exact) mass is 323 g/mol. The fourth-order valence-corrected chi connectivity index (χ4v) is 3.25. The van der Waals surface area contributed by atoms with E-state index in [0.717, 1.165) is 32.5 Å². The molecule has 0 bridgehead atoms. The van der Waals surface area contributed by atoms with E-state index in [4.69, 9.17) is 4.74 Å². The largest absolute Gasteiger partial charge is 0.414 e. The van der Waals surface area contributed by atoms with Crippen molar-refractivity contribution in [2.75, 3.05) is 26.3 Å². The Labute approximate surface area is 128 Å². The van der Waals surface area contributed by atoms with Crippen molar-refractivity contribution >= 4 is 5.91 Å². The standard InChI is InChI=1S/C15H24F3NO3/c16-15(17,18)14(21)12-3-7-19(8-4-12)13(20)2-1-11-5-9-22-10-6-11/h11-12,14,21H,1-10H2/t14-/m1/s1. The number of rotatable bonds is 4. The van der Waals surface area contributed by atoms with Crippen molar-refractivity contribution in [2.45, 2.75) is 50.8 Å². The average Bonchev–Trinajstić information content (AvgIpc) is 2.52. The summed E-state index contributed by atoms with van der Waals surface area (Å²) >= 11 is 0. The molecule has 0 unspecified atom stereocenters. The molecule has 2 saturated heterocycles. The maximum Gasteiger partial charge on any atom is 0.414 e. The number of carbonyl (C=O) groups excluding carboxylic acids is 1. The third-order valence-electron chi connectivity index (χ3n) is 4.78. The molecular weight excluding hydrogens is 299 g/mol. The number of nitrogens with zero attached hydrogens (tertiary/aromatic N) is 1. The van der Waals surface area contributed by atoms with Crippen molar-refractivity contribution in [1.82, 2.24) is 4.90 Å². The van der Waals surface area contributed by atoms with E-state index in [1.807, 2.05) is 0 Å². The lowest BCUT2D eigenvalue weighted by molar-refractivity contribution is -0.222. The Bertz CT molecular complexity index is 362. The lowest BCUT2D eigenvalue weighted by Crippen LogP contribution is -2.45. The lowest BCUT2D eigenvalue weighted by Gasteiger charge is -2.35. The van der Waals surface area contributed by atoms with E-state index in [1.165, 1.54) is 0 Å². The predicted octanol–water partition coefficient (Wildman–Crippen LogP) is 2.36. The van der Waals surface area contributed by atoms with Crippen molar-refractivity contribution in [3.63, 3.8) is 0 Å². The van der Waals surface area contributed by atoms with E-state index in [0.29, 0.717) is 25.4 Å². The number of aliphatic hydroxyl groups is 1. The predicted molar refractivity (Wildman–Crippen MR) is 74.1 cm³/mol. The van der Waals surface area contributed by atoms with Crippen LogP contribution in [0.25, 0.3) is 0 Å². The molecule has 2 aliphatic heterocycles. The van der Waals surface area contributed by atoms with Gasteiger partial charge >= 0.3 is 6.18 Å². The highest BCUT2D eigenvalue weighted by Gasteiger charge is 2.44. The highest BCUT2D eigenvalue weighted by molar-refractivity contribution is 5.76. The molecule has 128 valence electrons. The zero-order chi connectivity index (χ0) is 16.2. The van der Waals surface area contributed by atoms with Crippen LogP contribution in [0.3, 0.4) is 0 Å². The van der Waals surface area contributed by atoms with Gasteiger partial charge in [0.1, 0.15) is 0 Å². The molecule has 0 spiro atoms. The van der Waals surface area contributed by atoms with E-state index in [-0.39, 0.29) is 18.7 Å². The molecule has 22 heavy (non-hydrogen) atoms. The van der Waals surface area contributed by atoms with Gasteiger partial charge in [0.2, 0.25) is 5.91 Å². The average molecular weight is 323 g/mol. The first-order chi connectivity index (χ1) is 10.4. The second kappa shape index (κ2) is 7.64. The smallest absolute Gasteiger partial charge is 0.383 e. The van der Waals surface area contributed by atoms with Crippen LogP contribution in [-0.2, 0) is 9.53 Å². The minimum absolute atomic E-state index is 0.0199. The number of likely N-dealkylation sites (tertiary alicyclic amines) is 1. The quantitative estimate of drug-likeness (QED) is 0.864. The van der Waals surface area contributed by atoms with Gasteiger partial charge in [0, 0.05) is 32.7 Å². The summed E-state index contributed by atoms with van der Waals surface area (Å²) in [5, 5.41) is 9.27. The molecule has 4 nitrogen and oxygen atoms in total. The van der Waals surface area contributed by atoms with Gasteiger partial charge in [-0.15, -0.1) is 0 Å². The highest BCUT2D eigenvalue weighted by Crippen LogP contribution is 2.32. The number of halogens is 3. The Balaban J connectivity index is 1.70. The summed E-state index contributed by atoms with van der Waals surface area (Å²) in [4.78, 5) is 13.8. The van der Waals surface area contributed by atoms with Crippen LogP contribution in [0, 0.1) is 11.8 Å². The molecule has 2 heterocycles. The number of amides is 1. The maximum absolute atomic E-state index is 12.5. The van der Waals surface area contributed by atoms with Gasteiger partial charge in [-0.1, -0.05) is 0 Å². The zero-order valence-electron chi connectivity index (χ0n) is 12.6. The third kappa shape index (κ3) is 4.84. The molecule has 2 rings (SSSR count). The van der Waals surface area contributed by atoms with Crippen LogP contribution in [0.2, 0.25) is 0 Å². The molecule has 0 aromatic carbocycles. The zero-order valence-corrected chi connectivity index (χ0v) is 12.6. The van der Waals surface area contributed by atoms with Crippen molar-refractivity contribution in [2.24, 2.45) is 11.8 Å². The van der Waals surface area contributed by atoms with Gasteiger partial charge < -0.3 is 14.7 Å². The first-order valence-electron chi connectivity index (χ1n) is 7.98. The van der Waals surface area contributed by atoms with Crippen LogP contribution in [0.1, 0.15) is 38.5 Å². The summed E-state index contributed by atoms with van der Waals surface area (Å²) in [6.45, 7) is 2.12. The summed E-state index contributed by atoms with van der Waals surface area (Å²) in [6, 6.07) is 0. The minimum Gasteiger partial charge on any atom is -0.383 e. The van der Waals surface area contributed by atoms with Crippen LogP contribution in [0.4, 0.5) is 13.2 Å². The summed E-state index contributed by atoms with van der Waals surface area (Å²) in [7, 11) is 0. The van der Waals surface area contributed by atoms with E-state index < -0.39 is 18.2 Å². The van der Waals surface area contributed by atoms with Crippen molar-refractivity contribution in [1.29, 1.82) is 0 Å². The van der Waals surface area contributed by atoms with Crippen LogP contribution in [0.5, 0.6) is 0 Å². The van der Waals surface area contributed by atoms with Gasteiger partial charge in [-0.25, -0.2) is 0 Å². The van der Waals surface area contributed by atoms with E-state index in [2.05, 4.69) is 0 Å². The maximum atomic E-state index is 12.5. The number of hydrogen-bond donors (Lipinski definition) is 1. The normalized spacial score (nSPS) is 23.5. The van der Waals surface area contributed by atoms with Gasteiger partial charge in [-0.05, 0) is 43.9 Å². The Morgan fingerprint density at radius 2 is 1.77 bits per heavy atom. The number of hydrogen-bond acceptors (Lipinski definition) is 3. The lowest BCUT2D eigenvalue weighted by atomic mass is 9.90. The minimum atomic E-state index is -4.57. The Morgan fingerprint density at radius 3 is 2.32 bits per heavy atom. The van der Waals surface area contributed by atoms with Gasteiger partial charge in [-0.2, -0.15) is 13.2 Å². The fraction of sp³-hybridized carbons (Fsp3) is 0.933. The fourth-order valence-electron chi connectivity index (χ4n) is 3.25. The number of ether oxygens (including phenoxy) is 1. The second-order valence-electron chi connectivity index (χ2n) is 6.30. The van der Waals surface area contributed by atoms with Crippen LogP contribution < -0.4 is 0 Å². The first-order valence-corrected chi connectivity index (χ1v) is 7.98. The summed E-state index contributed by atoms with van der Waals surface area (Å²) in [5.41, 5.74) is 0. The van der Waals surface area contributed by atoms with Crippen LogP contribution >= 0.6 is 0 Å². The molecular formula is C15H24F3NO3. The summed E-state index contributed by atoms with van der Waals surface area (Å²) < 4.78 is 42.7. The number of alkyl halides is 3. The Morgan fingerprint density at radius 1 is 1.18 bits per heavy atom. The SMILES string of the molecule is O=C(CCC1CCOCC1)N1CCC([C@@H](O)C(F)(F)F)CC1. The first kappa shape index (κ1) is 17.5. The Hall–Kier alpha value is -0.820. The molecule has 0 aliphatic carbocycles. The molecule has 2 aliphatic rings. The van der Waals surface area contributed by atoms with E-state index in [9.17, 15) is 23.1 Å². The molecule has 1 N–H and O–H groups in total. The highest BCUT2D eigenvalue weighted by atomic mass is 19.4. The third-order valence-corrected chi connectivity index (χ3v) is 4.78. The van der Waals surface area contributed by atoms with E-state index >= 15 is 0 Å². The van der Waals surface area contributed by atoms with Gasteiger partial charge in [-0.3, -0.25) is 4.79 Å². The van der Waals surface area contributed by atoms with Crippen molar-refractivity contribution in [3.05, 3.63) is 0 Å². The summed E-state index contributed by atoms with van der Waals surface area (Å²) in [6.07, 6.45) is -3.18. The Kier molecular flexibility index (Phi) is 6.09. The van der Waals surface area contributed by atoms with Crippen LogP contribution in [-0.4, -0.2) is 54.5 Å². The molecule has 0 aromatic rings.